The van der Waals surface area contributed by atoms with Crippen molar-refractivity contribution in [3.63, 3.8) is 0 Å². The SMILES string of the molecule is [2H]C([2H])([2H])c1cccc(-n2c3ccccc3c3c4oc5ccccc5c4c(C(C)C)c(C)c32)[n+]1C. The van der Waals surface area contributed by atoms with Crippen molar-refractivity contribution in [2.24, 2.45) is 7.05 Å². The quantitative estimate of drug-likeness (QED) is 0.269. The maximum atomic E-state index is 8.05. The summed E-state index contributed by atoms with van der Waals surface area (Å²) in [5, 5.41) is 4.45. The summed E-state index contributed by atoms with van der Waals surface area (Å²) in [5.74, 6) is 1.08. The summed E-state index contributed by atoms with van der Waals surface area (Å²) < 4.78 is 34.7. The lowest BCUT2D eigenvalue weighted by Crippen LogP contribution is -2.37. The molecular weight excluding hydrogens is 392 g/mol. The smallest absolute Gasteiger partial charge is 0.286 e. The van der Waals surface area contributed by atoms with Gasteiger partial charge < -0.3 is 4.42 Å². The lowest BCUT2D eigenvalue weighted by molar-refractivity contribution is -0.671. The average Bonchev–Trinajstić information content (AvgIpc) is 3.35. The summed E-state index contributed by atoms with van der Waals surface area (Å²) in [6.07, 6.45) is 0. The molecule has 0 fully saturated rings. The van der Waals surface area contributed by atoms with Gasteiger partial charge in [0, 0.05) is 31.9 Å². The number of benzene rings is 3. The third-order valence-corrected chi connectivity index (χ3v) is 6.74. The Labute approximate surface area is 191 Å². The number of hydrogen-bond acceptors (Lipinski definition) is 1. The predicted octanol–water partition coefficient (Wildman–Crippen LogP) is 7.25. The van der Waals surface area contributed by atoms with E-state index in [2.05, 4.69) is 49.6 Å². The molecule has 32 heavy (non-hydrogen) atoms. The molecule has 0 atom stereocenters. The van der Waals surface area contributed by atoms with Gasteiger partial charge >= 0.3 is 0 Å². The summed E-state index contributed by atoms with van der Waals surface area (Å²) in [4.78, 5) is 0. The number of nitrogens with zero attached hydrogens (tertiary/aromatic N) is 2. The molecule has 6 rings (SSSR count). The molecule has 0 saturated carbocycles. The molecule has 0 aliphatic carbocycles. The van der Waals surface area contributed by atoms with Crippen molar-refractivity contribution in [3.8, 4) is 5.82 Å². The van der Waals surface area contributed by atoms with Crippen LogP contribution < -0.4 is 4.57 Å². The lowest BCUT2D eigenvalue weighted by atomic mass is 9.90. The molecular formula is C29H27N2O+. The fourth-order valence-corrected chi connectivity index (χ4v) is 5.39. The van der Waals surface area contributed by atoms with Gasteiger partial charge in [-0.3, -0.25) is 0 Å². The van der Waals surface area contributed by atoms with Gasteiger partial charge in [-0.2, -0.15) is 4.57 Å². The Balaban J connectivity index is 1.90. The maximum Gasteiger partial charge on any atom is 0.286 e. The van der Waals surface area contributed by atoms with E-state index in [0.29, 0.717) is 5.69 Å². The van der Waals surface area contributed by atoms with E-state index in [1.165, 1.54) is 16.5 Å². The van der Waals surface area contributed by atoms with E-state index in [0.717, 1.165) is 44.2 Å². The van der Waals surface area contributed by atoms with E-state index < -0.39 is 6.85 Å². The summed E-state index contributed by atoms with van der Waals surface area (Å²) in [6, 6.07) is 22.0. The van der Waals surface area contributed by atoms with Gasteiger partial charge in [0.1, 0.15) is 27.9 Å². The maximum absolute atomic E-state index is 8.05. The molecule has 3 heterocycles. The van der Waals surface area contributed by atoms with Gasteiger partial charge in [0.05, 0.1) is 12.4 Å². The monoisotopic (exact) mass is 422 g/mol. The van der Waals surface area contributed by atoms with Crippen LogP contribution in [0.1, 0.15) is 40.7 Å². The standard InChI is InChI=1S/C29H27N2O/c1-17(2)25-19(4)28-27(29-26(25)21-13-7-9-15-23(21)32-29)20-12-6-8-14-22(20)31(28)24-16-10-11-18(3)30(24)5/h6-17H,1-5H3/q+1/i3D3. The van der Waals surface area contributed by atoms with Crippen LogP contribution in [0.3, 0.4) is 0 Å². The molecule has 3 aromatic heterocycles. The molecule has 6 aromatic rings. The minimum absolute atomic E-state index is 0.275. The van der Waals surface area contributed by atoms with Crippen LogP contribution in [0.5, 0.6) is 0 Å². The van der Waals surface area contributed by atoms with Crippen molar-refractivity contribution in [3.05, 3.63) is 83.6 Å². The first-order chi connectivity index (χ1) is 16.7. The molecule has 3 heteroatoms. The second-order valence-electron chi connectivity index (χ2n) is 8.90. The number of para-hydroxylation sites is 2. The molecule has 0 amide bonds. The van der Waals surface area contributed by atoms with Gasteiger partial charge in [0.2, 0.25) is 0 Å². The molecule has 0 aliphatic heterocycles. The number of furan rings is 1. The molecule has 0 aliphatic rings. The molecule has 158 valence electrons. The van der Waals surface area contributed by atoms with Crippen molar-refractivity contribution in [1.82, 2.24) is 4.57 Å². The number of rotatable bonds is 2. The Kier molecular flexibility index (Phi) is 3.37. The average molecular weight is 423 g/mol. The Morgan fingerprint density at radius 1 is 0.906 bits per heavy atom. The van der Waals surface area contributed by atoms with Crippen molar-refractivity contribution in [1.29, 1.82) is 0 Å². The van der Waals surface area contributed by atoms with E-state index in [9.17, 15) is 0 Å². The van der Waals surface area contributed by atoms with Gasteiger partial charge in [-0.25, -0.2) is 4.57 Å². The van der Waals surface area contributed by atoms with E-state index in [1.54, 1.807) is 10.6 Å². The highest BCUT2D eigenvalue weighted by atomic mass is 16.3. The number of pyridine rings is 1. The number of aryl methyl sites for hydroxylation is 2. The minimum atomic E-state index is -2.21. The second-order valence-corrected chi connectivity index (χ2v) is 8.90. The Morgan fingerprint density at radius 3 is 2.44 bits per heavy atom. The van der Waals surface area contributed by atoms with Crippen LogP contribution in [0, 0.1) is 13.8 Å². The van der Waals surface area contributed by atoms with Crippen molar-refractivity contribution < 1.29 is 13.1 Å². The summed E-state index contributed by atoms with van der Waals surface area (Å²) in [5.41, 5.74) is 6.59. The molecule has 0 N–H and O–H groups in total. The van der Waals surface area contributed by atoms with Gasteiger partial charge in [0.15, 0.2) is 0 Å². The highest BCUT2D eigenvalue weighted by Crippen LogP contribution is 2.45. The summed E-state index contributed by atoms with van der Waals surface area (Å²) >= 11 is 0. The largest absolute Gasteiger partial charge is 0.455 e. The predicted molar refractivity (Wildman–Crippen MR) is 133 cm³/mol. The van der Waals surface area contributed by atoms with E-state index in [-0.39, 0.29) is 5.92 Å². The molecule has 3 nitrogen and oxygen atoms in total. The third-order valence-electron chi connectivity index (χ3n) is 6.74. The second kappa shape index (κ2) is 6.70. The fraction of sp³-hybridized carbons (Fsp3) is 0.207. The zero-order valence-corrected chi connectivity index (χ0v) is 18.7. The van der Waals surface area contributed by atoms with Crippen LogP contribution in [0.15, 0.2) is 71.1 Å². The van der Waals surface area contributed by atoms with Crippen molar-refractivity contribution in [2.45, 2.75) is 33.5 Å². The first-order valence-electron chi connectivity index (χ1n) is 12.6. The zero-order chi connectivity index (χ0) is 24.6. The summed E-state index contributed by atoms with van der Waals surface area (Å²) in [6.45, 7) is 4.41. The van der Waals surface area contributed by atoms with Gasteiger partial charge in [0.25, 0.3) is 5.82 Å². The van der Waals surface area contributed by atoms with Crippen molar-refractivity contribution in [2.75, 3.05) is 0 Å². The van der Waals surface area contributed by atoms with Crippen LogP contribution >= 0.6 is 0 Å². The molecule has 3 aromatic carbocycles. The molecule has 0 radical (unpaired) electrons. The fourth-order valence-electron chi connectivity index (χ4n) is 5.39. The Hall–Kier alpha value is -3.59. The minimum Gasteiger partial charge on any atom is -0.455 e. The highest BCUT2D eigenvalue weighted by molar-refractivity contribution is 6.25. The number of fused-ring (bicyclic) bond motifs is 7. The highest BCUT2D eigenvalue weighted by Gasteiger charge is 2.29. The van der Waals surface area contributed by atoms with Crippen LogP contribution in [-0.4, -0.2) is 4.57 Å². The molecule has 0 bridgehead atoms. The molecule has 0 spiro atoms. The first kappa shape index (κ1) is 16.1. The van der Waals surface area contributed by atoms with Gasteiger partial charge in [-0.05, 0) is 49.5 Å². The van der Waals surface area contributed by atoms with Crippen LogP contribution in [0.2, 0.25) is 0 Å². The topological polar surface area (TPSA) is 21.9 Å². The van der Waals surface area contributed by atoms with Gasteiger partial charge in [-0.15, -0.1) is 0 Å². The molecule has 0 saturated heterocycles. The van der Waals surface area contributed by atoms with E-state index in [4.69, 9.17) is 8.53 Å². The Bertz CT molecular complexity index is 1790. The Morgan fingerprint density at radius 2 is 1.66 bits per heavy atom. The lowest BCUT2D eigenvalue weighted by Gasteiger charge is -2.14. The van der Waals surface area contributed by atoms with Gasteiger partial charge in [-0.1, -0.05) is 50.2 Å². The first-order valence-corrected chi connectivity index (χ1v) is 11.1. The van der Waals surface area contributed by atoms with E-state index >= 15 is 0 Å². The normalized spacial score (nSPS) is 14.0. The van der Waals surface area contributed by atoms with E-state index in [1.807, 2.05) is 43.4 Å². The van der Waals surface area contributed by atoms with Crippen LogP contribution in [0.4, 0.5) is 0 Å². The van der Waals surface area contributed by atoms with Crippen LogP contribution in [-0.2, 0) is 7.05 Å². The number of hydrogen-bond donors (Lipinski definition) is 0. The number of aromatic nitrogens is 2. The molecule has 0 unspecified atom stereocenters. The van der Waals surface area contributed by atoms with Crippen molar-refractivity contribution >= 4 is 43.7 Å². The zero-order valence-electron chi connectivity index (χ0n) is 21.7. The van der Waals surface area contributed by atoms with Crippen LogP contribution in [0.25, 0.3) is 49.6 Å². The third kappa shape index (κ3) is 2.39. The summed E-state index contributed by atoms with van der Waals surface area (Å²) in [7, 11) is 1.83.